The smallest absolute Gasteiger partial charge is 0.135 e. The average molecular weight is 542 g/mol. The van der Waals surface area contributed by atoms with E-state index in [1.807, 2.05) is 12.1 Å². The van der Waals surface area contributed by atoms with Gasteiger partial charge in [0.25, 0.3) is 0 Å². The van der Waals surface area contributed by atoms with Crippen molar-refractivity contribution in [3.8, 4) is 11.1 Å². The lowest BCUT2D eigenvalue weighted by molar-refractivity contribution is 0.632. The molecule has 0 unspecified atom stereocenters. The second-order valence-corrected chi connectivity index (χ2v) is 11.8. The van der Waals surface area contributed by atoms with Crippen LogP contribution in [0.5, 0.6) is 0 Å². The van der Waals surface area contributed by atoms with E-state index in [0.29, 0.717) is 0 Å². The van der Waals surface area contributed by atoms with Gasteiger partial charge in [0, 0.05) is 32.6 Å². The Labute approximate surface area is 243 Å². The molecular weight excluding hydrogens is 514 g/mol. The minimum absolute atomic E-state index is 0.0908. The maximum absolute atomic E-state index is 6.34. The zero-order chi connectivity index (χ0) is 28.0. The van der Waals surface area contributed by atoms with Crippen molar-refractivity contribution in [1.29, 1.82) is 0 Å². The third-order valence-corrected chi connectivity index (χ3v) is 9.06. The van der Waals surface area contributed by atoms with Crippen LogP contribution in [-0.4, -0.2) is 0 Å². The zero-order valence-corrected chi connectivity index (χ0v) is 23.4. The van der Waals surface area contributed by atoms with E-state index >= 15 is 0 Å². The van der Waals surface area contributed by atoms with Gasteiger partial charge in [0.15, 0.2) is 0 Å². The van der Waals surface area contributed by atoms with Crippen molar-refractivity contribution in [2.45, 2.75) is 19.3 Å². The molecule has 0 saturated carbocycles. The van der Waals surface area contributed by atoms with E-state index in [1.54, 1.807) is 0 Å². The van der Waals surface area contributed by atoms with Gasteiger partial charge in [-0.2, -0.15) is 0 Å². The lowest BCUT2D eigenvalue weighted by Crippen LogP contribution is -2.30. The fourth-order valence-electron chi connectivity index (χ4n) is 6.94. The summed E-state index contributed by atoms with van der Waals surface area (Å²) in [6, 6.07) is 45.3. The van der Waals surface area contributed by atoms with E-state index < -0.39 is 0 Å². The molecule has 0 N–H and O–H groups in total. The van der Waals surface area contributed by atoms with Crippen LogP contribution in [0.15, 0.2) is 136 Å². The van der Waals surface area contributed by atoms with E-state index in [1.165, 1.54) is 22.5 Å². The van der Waals surface area contributed by atoms with Gasteiger partial charge in [-0.3, -0.25) is 0 Å². The van der Waals surface area contributed by atoms with Crippen molar-refractivity contribution in [3.63, 3.8) is 0 Å². The normalized spacial score (nSPS) is 14.1. The maximum atomic E-state index is 6.34. The lowest BCUT2D eigenvalue weighted by atomic mass is 9.73. The Balaban J connectivity index is 1.22. The third-order valence-electron chi connectivity index (χ3n) is 9.06. The number of fused-ring (bicyclic) bond motifs is 8. The lowest BCUT2D eigenvalue weighted by Gasteiger charge is -2.42. The summed E-state index contributed by atoms with van der Waals surface area (Å²) < 4.78 is 12.4. The van der Waals surface area contributed by atoms with Crippen LogP contribution in [0.1, 0.15) is 25.0 Å². The molecule has 6 aromatic carbocycles. The number of anilines is 3. The van der Waals surface area contributed by atoms with Crippen molar-refractivity contribution in [1.82, 2.24) is 0 Å². The van der Waals surface area contributed by atoms with Crippen LogP contribution < -0.4 is 4.90 Å². The first-order valence-electron chi connectivity index (χ1n) is 14.4. The summed E-state index contributed by atoms with van der Waals surface area (Å²) in [5, 5.41) is 4.49. The zero-order valence-electron chi connectivity index (χ0n) is 23.4. The minimum Gasteiger partial charge on any atom is -0.456 e. The molecule has 0 aliphatic carbocycles. The van der Waals surface area contributed by atoms with Crippen LogP contribution in [-0.2, 0) is 5.41 Å². The van der Waals surface area contributed by atoms with Crippen LogP contribution in [0, 0.1) is 0 Å². The monoisotopic (exact) mass is 541 g/mol. The number of benzene rings is 6. The van der Waals surface area contributed by atoms with Gasteiger partial charge in [0.05, 0.1) is 11.4 Å². The molecule has 3 heteroatoms. The van der Waals surface area contributed by atoms with Gasteiger partial charge < -0.3 is 13.7 Å². The van der Waals surface area contributed by atoms with Crippen LogP contribution in [0.3, 0.4) is 0 Å². The quantitative estimate of drug-likeness (QED) is 0.218. The number of furan rings is 2. The summed E-state index contributed by atoms with van der Waals surface area (Å²) in [4.78, 5) is 2.40. The molecule has 0 radical (unpaired) electrons. The van der Waals surface area contributed by atoms with Crippen LogP contribution in [0.25, 0.3) is 55.0 Å². The summed E-state index contributed by atoms with van der Waals surface area (Å²) in [5.74, 6) is 0. The van der Waals surface area contributed by atoms with Gasteiger partial charge in [-0.25, -0.2) is 0 Å². The van der Waals surface area contributed by atoms with Gasteiger partial charge in [0.2, 0.25) is 0 Å². The predicted octanol–water partition coefficient (Wildman–Crippen LogP) is 11.3. The molecule has 9 rings (SSSR count). The molecule has 1 aliphatic rings. The Morgan fingerprint density at radius 3 is 1.57 bits per heavy atom. The van der Waals surface area contributed by atoms with Crippen molar-refractivity contribution in [3.05, 3.63) is 139 Å². The van der Waals surface area contributed by atoms with E-state index in [0.717, 1.165) is 60.7 Å². The number of nitrogens with zero attached hydrogens (tertiary/aromatic N) is 1. The van der Waals surface area contributed by atoms with E-state index in [-0.39, 0.29) is 5.41 Å². The molecule has 3 nitrogen and oxygen atoms in total. The summed E-state index contributed by atoms with van der Waals surface area (Å²) in [7, 11) is 0. The minimum atomic E-state index is -0.0908. The first kappa shape index (κ1) is 23.4. The molecule has 1 aliphatic heterocycles. The van der Waals surface area contributed by atoms with Crippen molar-refractivity contribution in [2.75, 3.05) is 4.90 Å². The highest BCUT2D eigenvalue weighted by Gasteiger charge is 2.36. The standard InChI is InChI=1S/C39H27NO2/c1-39(2)31-10-4-6-12-33(31)40(34-13-7-5-11-32(34)39)26-17-20-38-30(23-26)29-22-25(16-19-37(29)42-38)24-15-18-36-28(21-24)27-9-3-8-14-35(27)41-36/h3-23H,1-2H3. The van der Waals surface area contributed by atoms with Crippen molar-refractivity contribution < 1.29 is 8.83 Å². The Hall–Kier alpha value is -5.28. The van der Waals surface area contributed by atoms with Gasteiger partial charge in [-0.15, -0.1) is 0 Å². The third kappa shape index (κ3) is 3.22. The highest BCUT2D eigenvalue weighted by Crippen LogP contribution is 2.52. The summed E-state index contributed by atoms with van der Waals surface area (Å²) in [6.45, 7) is 4.64. The molecule has 0 fully saturated rings. The number of hydrogen-bond donors (Lipinski definition) is 0. The van der Waals surface area contributed by atoms with Crippen molar-refractivity contribution >= 4 is 60.9 Å². The van der Waals surface area contributed by atoms with Crippen LogP contribution in [0.2, 0.25) is 0 Å². The fraction of sp³-hybridized carbons (Fsp3) is 0.0769. The van der Waals surface area contributed by atoms with Crippen molar-refractivity contribution in [2.24, 2.45) is 0 Å². The summed E-state index contributed by atoms with van der Waals surface area (Å²) in [6.07, 6.45) is 0. The Morgan fingerprint density at radius 1 is 0.452 bits per heavy atom. The van der Waals surface area contributed by atoms with Gasteiger partial charge >= 0.3 is 0 Å². The highest BCUT2D eigenvalue weighted by molar-refractivity contribution is 6.09. The number of hydrogen-bond acceptors (Lipinski definition) is 3. The molecule has 0 atom stereocenters. The molecule has 0 bridgehead atoms. The first-order chi connectivity index (χ1) is 20.6. The van der Waals surface area contributed by atoms with Gasteiger partial charge in [0.1, 0.15) is 22.3 Å². The summed E-state index contributed by atoms with van der Waals surface area (Å²) >= 11 is 0. The van der Waals surface area contributed by atoms with Gasteiger partial charge in [-0.05, 0) is 82.9 Å². The molecule has 42 heavy (non-hydrogen) atoms. The summed E-state index contributed by atoms with van der Waals surface area (Å²) in [5.41, 5.74) is 12.0. The first-order valence-corrected chi connectivity index (χ1v) is 14.4. The topological polar surface area (TPSA) is 29.5 Å². The Morgan fingerprint density at radius 2 is 0.929 bits per heavy atom. The van der Waals surface area contributed by atoms with Gasteiger partial charge in [-0.1, -0.05) is 80.6 Å². The molecule has 200 valence electrons. The predicted molar refractivity (Wildman–Crippen MR) is 173 cm³/mol. The Bertz CT molecular complexity index is 2300. The second-order valence-electron chi connectivity index (χ2n) is 11.8. The van der Waals surface area contributed by atoms with E-state index in [9.17, 15) is 0 Å². The number of para-hydroxylation sites is 3. The largest absolute Gasteiger partial charge is 0.456 e. The fourth-order valence-corrected chi connectivity index (χ4v) is 6.94. The van der Waals surface area contributed by atoms with Crippen LogP contribution in [0.4, 0.5) is 17.1 Å². The van der Waals surface area contributed by atoms with Crippen LogP contribution >= 0.6 is 0 Å². The molecule has 0 saturated heterocycles. The number of rotatable bonds is 2. The molecule has 2 aromatic heterocycles. The molecular formula is C39H27NO2. The maximum Gasteiger partial charge on any atom is 0.135 e. The van der Waals surface area contributed by atoms with E-state index in [4.69, 9.17) is 8.83 Å². The molecule has 8 aromatic rings. The Kier molecular flexibility index (Phi) is 4.67. The molecule has 3 heterocycles. The molecule has 0 spiro atoms. The second kappa shape index (κ2) is 8.37. The molecule has 0 amide bonds. The average Bonchev–Trinajstić information content (AvgIpc) is 3.58. The van der Waals surface area contributed by atoms with E-state index in [2.05, 4.69) is 134 Å². The SMILES string of the molecule is CC1(C)c2ccccc2N(c2ccc3oc4ccc(-c5ccc6oc7ccccc7c6c5)cc4c3c2)c2ccccc21. The highest BCUT2D eigenvalue weighted by atomic mass is 16.3.